The maximum absolute atomic E-state index is 9.71. The molecule has 2 nitrogen and oxygen atoms in total. The van der Waals surface area contributed by atoms with Gasteiger partial charge in [-0.15, -0.1) is 0 Å². The Balaban J connectivity index is 2.23. The van der Waals surface area contributed by atoms with Crippen molar-refractivity contribution in [2.24, 2.45) is 0 Å². The monoisotopic (exact) mass is 296 g/mol. The highest BCUT2D eigenvalue weighted by Crippen LogP contribution is 2.36. The average Bonchev–Trinajstić information content (AvgIpc) is 2.25. The van der Waals surface area contributed by atoms with Crippen LogP contribution in [0.5, 0.6) is 11.5 Å². The summed E-state index contributed by atoms with van der Waals surface area (Å²) in [5.74, 6) is 0.483. The van der Waals surface area contributed by atoms with Crippen molar-refractivity contribution >= 4 is 27.7 Å². The zero-order valence-corrected chi connectivity index (χ0v) is 10.6. The third-order valence-corrected chi connectivity index (χ3v) is 3.55. The minimum Gasteiger partial charge on any atom is -0.508 e. The predicted octanol–water partition coefficient (Wildman–Crippen LogP) is 4.01. The van der Waals surface area contributed by atoms with Crippen molar-refractivity contribution in [1.82, 2.24) is 0 Å². The number of hydrogen-bond donors (Lipinski definition) is 2. The summed E-state index contributed by atoms with van der Waals surface area (Å²) in [6, 6.07) is 12.2. The summed E-state index contributed by atoms with van der Waals surface area (Å²) in [7, 11) is 0. The maximum atomic E-state index is 9.71. The van der Waals surface area contributed by atoms with Crippen LogP contribution in [0.3, 0.4) is 0 Å². The van der Waals surface area contributed by atoms with Crippen molar-refractivity contribution in [1.29, 1.82) is 0 Å². The molecule has 0 aromatic heterocycles. The van der Waals surface area contributed by atoms with Gasteiger partial charge in [0.1, 0.15) is 11.5 Å². The molecule has 0 aliphatic heterocycles. The summed E-state index contributed by atoms with van der Waals surface area (Å²) in [6.45, 7) is 0. The van der Waals surface area contributed by atoms with E-state index in [-0.39, 0.29) is 11.5 Å². The van der Waals surface area contributed by atoms with E-state index >= 15 is 0 Å². The van der Waals surface area contributed by atoms with Crippen molar-refractivity contribution in [2.75, 3.05) is 0 Å². The molecule has 0 fully saturated rings. The molecule has 2 rings (SSSR count). The Labute approximate surface area is 106 Å². The average molecular weight is 297 g/mol. The van der Waals surface area contributed by atoms with E-state index in [0.717, 1.165) is 14.3 Å². The molecule has 0 radical (unpaired) electrons. The van der Waals surface area contributed by atoms with Crippen LogP contribution in [0.4, 0.5) is 0 Å². The third kappa shape index (κ3) is 2.71. The smallest absolute Gasteiger partial charge is 0.130 e. The Bertz CT molecular complexity index is 497. The van der Waals surface area contributed by atoms with E-state index in [9.17, 15) is 5.11 Å². The second-order valence-electron chi connectivity index (χ2n) is 3.21. The van der Waals surface area contributed by atoms with E-state index in [1.165, 1.54) is 11.8 Å². The summed E-state index contributed by atoms with van der Waals surface area (Å²) >= 11 is 4.74. The molecule has 0 heterocycles. The predicted molar refractivity (Wildman–Crippen MR) is 68.0 cm³/mol. The van der Waals surface area contributed by atoms with Gasteiger partial charge >= 0.3 is 0 Å². The van der Waals surface area contributed by atoms with Gasteiger partial charge in [0, 0.05) is 9.37 Å². The number of rotatable bonds is 2. The lowest BCUT2D eigenvalue weighted by Gasteiger charge is -2.04. The first-order valence-corrected chi connectivity index (χ1v) is 6.21. The molecule has 2 N–H and O–H groups in total. The van der Waals surface area contributed by atoms with Crippen LogP contribution < -0.4 is 0 Å². The van der Waals surface area contributed by atoms with Crippen molar-refractivity contribution in [3.8, 4) is 11.5 Å². The molecule has 0 saturated heterocycles. The molecule has 0 aliphatic carbocycles. The van der Waals surface area contributed by atoms with Crippen molar-refractivity contribution < 1.29 is 10.2 Å². The molecule has 0 unspecified atom stereocenters. The van der Waals surface area contributed by atoms with Gasteiger partial charge in [0.15, 0.2) is 0 Å². The molecule has 0 atom stereocenters. The third-order valence-electron chi connectivity index (χ3n) is 1.99. The van der Waals surface area contributed by atoms with Crippen LogP contribution in [0.25, 0.3) is 0 Å². The fourth-order valence-corrected chi connectivity index (χ4v) is 2.39. The number of halogens is 1. The van der Waals surface area contributed by atoms with Gasteiger partial charge in [-0.05, 0) is 42.5 Å². The van der Waals surface area contributed by atoms with Crippen molar-refractivity contribution in [3.05, 3.63) is 46.9 Å². The van der Waals surface area contributed by atoms with Gasteiger partial charge in [0.05, 0.1) is 4.90 Å². The highest BCUT2D eigenvalue weighted by Gasteiger charge is 2.03. The Morgan fingerprint density at radius 1 is 0.938 bits per heavy atom. The zero-order valence-electron chi connectivity index (χ0n) is 8.22. The van der Waals surface area contributed by atoms with E-state index in [4.69, 9.17) is 5.11 Å². The zero-order chi connectivity index (χ0) is 11.5. The fourth-order valence-electron chi connectivity index (χ4n) is 1.22. The van der Waals surface area contributed by atoms with Crippen LogP contribution in [0.2, 0.25) is 0 Å². The second-order valence-corrected chi connectivity index (χ2v) is 5.24. The largest absolute Gasteiger partial charge is 0.508 e. The van der Waals surface area contributed by atoms with E-state index in [1.807, 2.05) is 24.3 Å². The lowest BCUT2D eigenvalue weighted by molar-refractivity contribution is 0.462. The van der Waals surface area contributed by atoms with Crippen LogP contribution in [0, 0.1) is 0 Å². The van der Waals surface area contributed by atoms with Crippen LogP contribution >= 0.6 is 27.7 Å². The first-order chi connectivity index (χ1) is 7.65. The lowest BCUT2D eigenvalue weighted by Crippen LogP contribution is -1.75. The molecule has 0 saturated carbocycles. The Kier molecular flexibility index (Phi) is 3.41. The van der Waals surface area contributed by atoms with Crippen LogP contribution in [-0.4, -0.2) is 10.2 Å². The van der Waals surface area contributed by atoms with E-state index in [2.05, 4.69) is 15.9 Å². The molecule has 0 spiro atoms. The summed E-state index contributed by atoms with van der Waals surface area (Å²) in [5, 5.41) is 18.9. The molecule has 16 heavy (non-hydrogen) atoms. The Hall–Kier alpha value is -1.13. The highest BCUT2D eigenvalue weighted by molar-refractivity contribution is 9.10. The first kappa shape index (κ1) is 11.4. The molecular formula is C12H9BrO2S. The number of aromatic hydroxyl groups is 2. The minimum absolute atomic E-state index is 0.240. The van der Waals surface area contributed by atoms with Gasteiger partial charge in [-0.1, -0.05) is 27.7 Å². The second kappa shape index (κ2) is 4.80. The number of benzene rings is 2. The molecule has 0 aliphatic rings. The molecule has 0 amide bonds. The molecule has 0 bridgehead atoms. The maximum Gasteiger partial charge on any atom is 0.130 e. The first-order valence-electron chi connectivity index (χ1n) is 4.60. The van der Waals surface area contributed by atoms with E-state index < -0.39 is 0 Å². The van der Waals surface area contributed by atoms with Gasteiger partial charge in [-0.2, -0.15) is 0 Å². The van der Waals surface area contributed by atoms with Gasteiger partial charge in [-0.3, -0.25) is 0 Å². The molecule has 2 aromatic carbocycles. The van der Waals surface area contributed by atoms with Gasteiger partial charge in [-0.25, -0.2) is 0 Å². The molecule has 2 aromatic rings. The minimum atomic E-state index is 0.240. The van der Waals surface area contributed by atoms with Crippen molar-refractivity contribution in [2.45, 2.75) is 9.79 Å². The molecule has 82 valence electrons. The SMILES string of the molecule is Oc1ccc(Sc2ccc(Br)cc2O)cc1. The number of phenols is 2. The van der Waals surface area contributed by atoms with Gasteiger partial charge in [0.25, 0.3) is 0 Å². The Morgan fingerprint density at radius 2 is 1.62 bits per heavy atom. The van der Waals surface area contributed by atoms with Crippen LogP contribution in [0.15, 0.2) is 56.7 Å². The van der Waals surface area contributed by atoms with Crippen LogP contribution in [-0.2, 0) is 0 Å². The van der Waals surface area contributed by atoms with Gasteiger partial charge in [0.2, 0.25) is 0 Å². The standard InChI is InChI=1S/C12H9BrO2S/c13-8-1-6-12(11(15)7-8)16-10-4-2-9(14)3-5-10/h1-7,14-15H. The van der Waals surface area contributed by atoms with Gasteiger partial charge < -0.3 is 10.2 Å². The molecule has 4 heteroatoms. The molecular weight excluding hydrogens is 288 g/mol. The summed E-state index contributed by atoms with van der Waals surface area (Å²) in [6.07, 6.45) is 0. The summed E-state index contributed by atoms with van der Waals surface area (Å²) in [4.78, 5) is 1.75. The number of hydrogen-bond acceptors (Lipinski definition) is 3. The van der Waals surface area contributed by atoms with Crippen molar-refractivity contribution in [3.63, 3.8) is 0 Å². The fraction of sp³-hybridized carbons (Fsp3) is 0. The van der Waals surface area contributed by atoms with Crippen LogP contribution in [0.1, 0.15) is 0 Å². The van der Waals surface area contributed by atoms with E-state index in [0.29, 0.717) is 0 Å². The van der Waals surface area contributed by atoms with E-state index in [1.54, 1.807) is 18.2 Å². The summed E-state index contributed by atoms with van der Waals surface area (Å²) in [5.41, 5.74) is 0. The number of phenolic OH excluding ortho intramolecular Hbond substituents is 2. The Morgan fingerprint density at radius 3 is 2.25 bits per heavy atom. The topological polar surface area (TPSA) is 40.5 Å². The quantitative estimate of drug-likeness (QED) is 0.880. The highest BCUT2D eigenvalue weighted by atomic mass is 79.9. The normalized spacial score (nSPS) is 10.3. The lowest BCUT2D eigenvalue weighted by atomic mass is 10.3. The summed E-state index contributed by atoms with van der Waals surface area (Å²) < 4.78 is 0.847.